The zero-order valence-corrected chi connectivity index (χ0v) is 21.8. The van der Waals surface area contributed by atoms with E-state index in [1.807, 2.05) is 0 Å². The van der Waals surface area contributed by atoms with Crippen LogP contribution >= 0.6 is 33.2 Å². The van der Waals surface area contributed by atoms with Crippen LogP contribution in [0.2, 0.25) is 0 Å². The molecule has 0 heterocycles. The van der Waals surface area contributed by atoms with E-state index in [9.17, 15) is 31.5 Å². The van der Waals surface area contributed by atoms with Gasteiger partial charge in [-0.25, -0.2) is 8.78 Å². The van der Waals surface area contributed by atoms with Crippen molar-refractivity contribution in [2.24, 2.45) is 5.92 Å². The second-order valence-electron chi connectivity index (χ2n) is 7.72. The molecule has 0 spiro atoms. The van der Waals surface area contributed by atoms with Crippen molar-refractivity contribution < 1.29 is 31.5 Å². The van der Waals surface area contributed by atoms with Gasteiger partial charge in [-0.15, -0.1) is 0 Å². The summed E-state index contributed by atoms with van der Waals surface area (Å²) in [5, 5.41) is 0. The lowest BCUT2D eigenvalue weighted by Gasteiger charge is -2.17. The van der Waals surface area contributed by atoms with Crippen molar-refractivity contribution in [3.8, 4) is 11.1 Å². The maximum atomic E-state index is 14.7. The van der Waals surface area contributed by atoms with Gasteiger partial charge in [-0.3, -0.25) is 9.59 Å². The molecule has 33 heavy (non-hydrogen) atoms. The fourth-order valence-corrected chi connectivity index (χ4v) is 10.6. The van der Waals surface area contributed by atoms with Crippen LogP contribution in [0.15, 0.2) is 48.6 Å². The molecule has 0 aromatic heterocycles. The molecule has 0 radical (unpaired) electrons. The summed E-state index contributed by atoms with van der Waals surface area (Å²) in [5.74, 6) is -1.33. The number of hydrogen-bond acceptors (Lipinski definition) is 2. The van der Waals surface area contributed by atoms with Crippen LogP contribution in [0.5, 0.6) is 0 Å². The minimum atomic E-state index is -4.59. The van der Waals surface area contributed by atoms with Gasteiger partial charge in [-0.1, -0.05) is 12.6 Å². The van der Waals surface area contributed by atoms with Crippen molar-refractivity contribution in [1.29, 1.82) is 0 Å². The molecule has 0 bridgehead atoms. The van der Waals surface area contributed by atoms with Gasteiger partial charge in [-0.05, 0) is 87.8 Å². The van der Waals surface area contributed by atoms with E-state index in [1.165, 1.54) is 35.2 Å². The maximum absolute atomic E-state index is 14.7. The summed E-state index contributed by atoms with van der Waals surface area (Å²) in [6, 6.07) is 8.11. The predicted molar refractivity (Wildman–Crippen MR) is 133 cm³/mol. The van der Waals surface area contributed by atoms with E-state index in [1.54, 1.807) is 7.05 Å². The lowest BCUT2D eigenvalue weighted by molar-refractivity contribution is -0.114. The Morgan fingerprint density at radius 2 is 1.79 bits per heavy atom. The minimum Gasteiger partial charge on any atom is -0.341 e. The molecule has 2 aromatic carbocycles. The topological polar surface area (TPSA) is 37.4 Å². The molecule has 2 aromatic rings. The van der Waals surface area contributed by atoms with Gasteiger partial charge in [0.25, 0.3) is 5.91 Å². The summed E-state index contributed by atoms with van der Waals surface area (Å²) in [6.45, 7) is 3.48. The number of carbonyl (C=O) groups is 2. The molecule has 1 aliphatic carbocycles. The van der Waals surface area contributed by atoms with E-state index in [-0.39, 0.29) is 16.7 Å². The average Bonchev–Trinajstić information content (AvgIpc) is 3.55. The molecule has 10 heteroatoms. The number of carbonyl (C=O) groups excluding carboxylic acids is 2. The highest BCUT2D eigenvalue weighted by molar-refractivity contribution is 14.8. The number of rotatable bonds is 8. The second-order valence-corrected chi connectivity index (χ2v) is 16.5. The van der Waals surface area contributed by atoms with E-state index >= 15 is 0 Å². The third-order valence-electron chi connectivity index (χ3n) is 4.97. The Morgan fingerprint density at radius 3 is 2.39 bits per heavy atom. The summed E-state index contributed by atoms with van der Waals surface area (Å²) >= 11 is -2.07. The van der Waals surface area contributed by atoms with Crippen LogP contribution in [0.25, 0.3) is 11.1 Å². The van der Waals surface area contributed by atoms with E-state index in [2.05, 4.69) is 6.58 Å². The summed E-state index contributed by atoms with van der Waals surface area (Å²) in [7, 11) is 1.62. The number of benzene rings is 2. The Morgan fingerprint density at radius 1 is 1.09 bits per heavy atom. The summed E-state index contributed by atoms with van der Waals surface area (Å²) in [6.07, 6.45) is -3.20. The molecule has 0 unspecified atom stereocenters. The molecule has 1 aliphatic rings. The predicted octanol–water partition coefficient (Wildman–Crippen LogP) is 7.18. The first-order chi connectivity index (χ1) is 15.5. The van der Waals surface area contributed by atoms with Gasteiger partial charge in [0, 0.05) is 34.7 Å². The zero-order chi connectivity index (χ0) is 24.3. The van der Waals surface area contributed by atoms with Gasteiger partial charge in [0.05, 0.1) is 5.56 Å². The largest absolute Gasteiger partial charge is 0.412 e. The van der Waals surface area contributed by atoms with E-state index in [4.69, 9.17) is 0 Å². The number of allylic oxidation sites excluding steroid dienone is 1. The maximum Gasteiger partial charge on any atom is 0.412 e. The first kappa shape index (κ1) is 26.0. The van der Waals surface area contributed by atoms with Gasteiger partial charge >= 0.3 is 6.18 Å². The first-order valence-corrected chi connectivity index (χ1v) is 18.3. The molecule has 1 amide bonds. The summed E-state index contributed by atoms with van der Waals surface area (Å²) in [4.78, 5) is 25.9. The molecular weight excluding hydrogens is 671 g/mol. The Balaban J connectivity index is 1.77. The lowest BCUT2D eigenvalue weighted by atomic mass is 10.0. The molecule has 0 atom stereocenters. The van der Waals surface area contributed by atoms with Crippen LogP contribution in [0, 0.1) is 21.1 Å². The van der Waals surface area contributed by atoms with Crippen LogP contribution in [-0.2, 0) is 4.79 Å². The third kappa shape index (κ3) is 7.20. The van der Waals surface area contributed by atoms with Crippen molar-refractivity contribution in [2.45, 2.75) is 25.4 Å². The quantitative estimate of drug-likeness (QED) is 0.128. The summed E-state index contributed by atoms with van der Waals surface area (Å²) in [5.41, 5.74) is -0.795. The first-order valence-electron chi connectivity index (χ1n) is 9.87. The van der Waals surface area contributed by atoms with Gasteiger partial charge < -0.3 is 4.90 Å². The monoisotopic (exact) mass is 691 g/mol. The van der Waals surface area contributed by atoms with E-state index < -0.39 is 72.7 Å². The van der Waals surface area contributed by atoms with Gasteiger partial charge in [-0.2, -0.15) is 13.2 Å². The SMILES string of the molecule is C=C(CC(=O)I=Ic1ccc(F)c(-c2ccc(C(=O)N(C)CC3CC3)c(F)c2)c1)C(F)(F)F. The molecule has 178 valence electrons. The molecule has 0 N–H and O–H groups in total. The minimum absolute atomic E-state index is 0.0905. The van der Waals surface area contributed by atoms with Crippen LogP contribution in [0.1, 0.15) is 29.6 Å². The fourth-order valence-electron chi connectivity index (χ4n) is 2.97. The Bertz CT molecular complexity index is 1130. The van der Waals surface area contributed by atoms with Crippen molar-refractivity contribution >= 4 is 42.9 Å². The van der Waals surface area contributed by atoms with Crippen molar-refractivity contribution in [3.05, 3.63) is 69.3 Å². The molecule has 1 fully saturated rings. The standard InChI is InChI=1S/C23H20F5I2NO2/c1-13(23(26,27)28)9-21(32)30-29-16-6-8-19(24)18(11-16)15-5-7-17(20(25)10-15)22(33)31(2)12-14-3-4-14/h5-8,10-11,14H,1,3-4,9,12H2,2H3. The number of hydrogen-bond donors (Lipinski definition) is 0. The Labute approximate surface area is 203 Å². The van der Waals surface area contributed by atoms with Crippen molar-refractivity contribution in [3.63, 3.8) is 0 Å². The normalized spacial score (nSPS) is 14.4. The molecule has 0 saturated heterocycles. The van der Waals surface area contributed by atoms with E-state index in [0.717, 1.165) is 18.9 Å². The molecule has 0 aliphatic heterocycles. The highest BCUT2D eigenvalue weighted by Crippen LogP contribution is 2.34. The fraction of sp³-hybridized carbons (Fsp3) is 0.304. The van der Waals surface area contributed by atoms with Crippen LogP contribution in [0.3, 0.4) is 0 Å². The summed E-state index contributed by atoms with van der Waals surface area (Å²) < 4.78 is 67.0. The van der Waals surface area contributed by atoms with Crippen molar-refractivity contribution in [1.82, 2.24) is 4.90 Å². The van der Waals surface area contributed by atoms with Crippen LogP contribution in [-0.4, -0.2) is 34.4 Å². The highest BCUT2D eigenvalue weighted by Gasteiger charge is 2.32. The molecule has 1 saturated carbocycles. The van der Waals surface area contributed by atoms with Crippen molar-refractivity contribution in [2.75, 3.05) is 13.6 Å². The van der Waals surface area contributed by atoms with Gasteiger partial charge in [0.1, 0.15) is 11.6 Å². The van der Waals surface area contributed by atoms with E-state index in [0.29, 0.717) is 16.0 Å². The lowest BCUT2D eigenvalue weighted by Crippen LogP contribution is -2.29. The highest BCUT2D eigenvalue weighted by atomic mass is 128. The zero-order valence-electron chi connectivity index (χ0n) is 17.5. The molecular formula is C23H20F5I2NO2. The third-order valence-corrected chi connectivity index (χ3v) is 14.7. The number of halogens is 7. The average molecular weight is 691 g/mol. The molecule has 3 nitrogen and oxygen atoms in total. The van der Waals surface area contributed by atoms with Gasteiger partial charge in [0.15, 0.2) is 3.79 Å². The second kappa shape index (κ2) is 10.8. The number of amides is 1. The smallest absolute Gasteiger partial charge is 0.341 e. The van der Waals surface area contributed by atoms with Gasteiger partial charge in [0.2, 0.25) is 0 Å². The number of nitrogens with zero attached hydrogens (tertiary/aromatic N) is 1. The number of alkyl halides is 3. The van der Waals surface area contributed by atoms with Crippen LogP contribution < -0.4 is 0 Å². The molecule has 3 rings (SSSR count). The Kier molecular flexibility index (Phi) is 8.51. The Hall–Kier alpha value is -1.57. The van der Waals surface area contributed by atoms with Crippen LogP contribution in [0.4, 0.5) is 22.0 Å².